The van der Waals surface area contributed by atoms with Crippen molar-refractivity contribution >= 4 is 40.5 Å². The number of aryl methyl sites for hydroxylation is 1. The Morgan fingerprint density at radius 2 is 1.84 bits per heavy atom. The van der Waals surface area contributed by atoms with Crippen LogP contribution < -0.4 is 0 Å². The summed E-state index contributed by atoms with van der Waals surface area (Å²) in [7, 11) is 0. The largest absolute Gasteiger partial charge is 0.317 e. The molecule has 0 saturated carbocycles. The number of nitrogens with zero attached hydrogens (tertiary/aromatic N) is 3. The zero-order valence-corrected chi connectivity index (χ0v) is 17.7. The third-order valence-corrected chi connectivity index (χ3v) is 5.83. The minimum Gasteiger partial charge on any atom is -0.317 e. The molecule has 2 amide bonds. The van der Waals surface area contributed by atoms with Crippen LogP contribution in [-0.2, 0) is 4.79 Å². The number of carbonyl (C=O) groups is 3. The third kappa shape index (κ3) is 4.23. The van der Waals surface area contributed by atoms with E-state index < -0.39 is 16.1 Å². The maximum atomic E-state index is 12.8. The van der Waals surface area contributed by atoms with E-state index in [4.69, 9.17) is 0 Å². The molecular formula is C23H17N3O5S. The molecule has 0 unspecified atom stereocenters. The lowest BCUT2D eigenvalue weighted by atomic mass is 10.1. The second kappa shape index (κ2) is 8.64. The van der Waals surface area contributed by atoms with Gasteiger partial charge in [-0.25, -0.2) is 0 Å². The Bertz CT molecular complexity index is 1280. The molecule has 0 spiro atoms. The van der Waals surface area contributed by atoms with E-state index in [1.165, 1.54) is 12.1 Å². The number of Topliss-reactive ketones (excluding diaryl/α,β-unsaturated/α-hetero) is 1. The number of nitro groups is 1. The Kier molecular flexibility index (Phi) is 5.74. The Labute approximate surface area is 187 Å². The predicted octanol–water partition coefficient (Wildman–Crippen LogP) is 4.61. The smallest absolute Gasteiger partial charge is 0.293 e. The summed E-state index contributed by atoms with van der Waals surface area (Å²) in [5, 5.41) is 10.6. The van der Waals surface area contributed by atoms with Gasteiger partial charge in [-0.2, -0.15) is 0 Å². The van der Waals surface area contributed by atoms with E-state index in [0.29, 0.717) is 16.9 Å². The Balaban J connectivity index is 1.57. The molecule has 1 aromatic heterocycles. The zero-order chi connectivity index (χ0) is 22.8. The second-order valence-corrected chi connectivity index (χ2v) is 8.13. The third-order valence-electron chi connectivity index (χ3n) is 4.93. The van der Waals surface area contributed by atoms with Gasteiger partial charge in [0.2, 0.25) is 0 Å². The molecule has 2 heterocycles. The molecule has 3 aromatic rings. The molecule has 1 aliphatic rings. The first-order valence-electron chi connectivity index (χ1n) is 9.61. The summed E-state index contributed by atoms with van der Waals surface area (Å²) in [6, 6.07) is 16.5. The molecule has 1 saturated heterocycles. The molecule has 0 bridgehead atoms. The molecule has 9 heteroatoms. The number of nitro benzene ring substituents is 1. The molecule has 4 rings (SSSR count). The topological polar surface area (TPSA) is 103 Å². The van der Waals surface area contributed by atoms with E-state index in [1.54, 1.807) is 65.4 Å². The first-order chi connectivity index (χ1) is 15.3. The molecule has 8 nitrogen and oxygen atoms in total. The lowest BCUT2D eigenvalue weighted by Crippen LogP contribution is -2.33. The maximum Gasteiger partial charge on any atom is 0.293 e. The van der Waals surface area contributed by atoms with E-state index in [2.05, 4.69) is 0 Å². The summed E-state index contributed by atoms with van der Waals surface area (Å²) in [5.41, 5.74) is 2.49. The van der Waals surface area contributed by atoms with E-state index in [9.17, 15) is 24.5 Å². The van der Waals surface area contributed by atoms with Gasteiger partial charge in [0.15, 0.2) is 5.78 Å². The highest BCUT2D eigenvalue weighted by Crippen LogP contribution is 2.33. The number of carbonyl (C=O) groups excluding carboxylic acids is 3. The molecule has 1 aliphatic heterocycles. The highest BCUT2D eigenvalue weighted by molar-refractivity contribution is 8.18. The number of hydrogen-bond donors (Lipinski definition) is 0. The van der Waals surface area contributed by atoms with Gasteiger partial charge in [-0.05, 0) is 43.0 Å². The first-order valence-corrected chi connectivity index (χ1v) is 10.4. The van der Waals surface area contributed by atoms with Gasteiger partial charge in [0.05, 0.1) is 22.1 Å². The van der Waals surface area contributed by atoms with Gasteiger partial charge in [-0.3, -0.25) is 29.4 Å². The molecule has 0 radical (unpaired) electrons. The van der Waals surface area contributed by atoms with Crippen molar-refractivity contribution in [3.05, 3.63) is 98.7 Å². The number of amides is 2. The van der Waals surface area contributed by atoms with Crippen LogP contribution >= 0.6 is 11.8 Å². The summed E-state index contributed by atoms with van der Waals surface area (Å²) in [4.78, 5) is 49.4. The van der Waals surface area contributed by atoms with Gasteiger partial charge in [0, 0.05) is 29.6 Å². The predicted molar refractivity (Wildman–Crippen MR) is 121 cm³/mol. The number of imide groups is 1. The van der Waals surface area contributed by atoms with Gasteiger partial charge in [0.25, 0.3) is 16.8 Å². The molecule has 160 valence electrons. The number of hydrogen-bond acceptors (Lipinski definition) is 6. The molecule has 0 N–H and O–H groups in total. The summed E-state index contributed by atoms with van der Waals surface area (Å²) < 4.78 is 1.68. The zero-order valence-electron chi connectivity index (χ0n) is 16.9. The van der Waals surface area contributed by atoms with E-state index in [-0.39, 0.29) is 22.9 Å². The van der Waals surface area contributed by atoms with Crippen molar-refractivity contribution in [1.82, 2.24) is 9.47 Å². The van der Waals surface area contributed by atoms with Crippen LogP contribution in [0.5, 0.6) is 0 Å². The highest BCUT2D eigenvalue weighted by atomic mass is 32.2. The highest BCUT2D eigenvalue weighted by Gasteiger charge is 2.36. The average Bonchev–Trinajstić information content (AvgIpc) is 3.34. The molecule has 32 heavy (non-hydrogen) atoms. The average molecular weight is 447 g/mol. The minimum atomic E-state index is -0.549. The molecule has 0 aliphatic carbocycles. The fourth-order valence-electron chi connectivity index (χ4n) is 3.25. The van der Waals surface area contributed by atoms with E-state index in [0.717, 1.165) is 22.2 Å². The number of rotatable bonds is 6. The normalized spacial score (nSPS) is 14.9. The number of ketones is 1. The molecule has 1 fully saturated rings. The Morgan fingerprint density at radius 3 is 2.56 bits per heavy atom. The van der Waals surface area contributed by atoms with Crippen LogP contribution in [0.2, 0.25) is 0 Å². The van der Waals surface area contributed by atoms with E-state index in [1.807, 2.05) is 6.92 Å². The lowest BCUT2D eigenvalue weighted by molar-refractivity contribution is -0.384. The van der Waals surface area contributed by atoms with Crippen molar-refractivity contribution in [3.63, 3.8) is 0 Å². The van der Waals surface area contributed by atoms with Crippen LogP contribution in [-0.4, -0.2) is 37.9 Å². The van der Waals surface area contributed by atoms with Crippen molar-refractivity contribution in [2.75, 3.05) is 6.54 Å². The minimum absolute atomic E-state index is 0.0582. The SMILES string of the molecule is Cc1ccc(C(=O)CN2C(=O)SC(=Cc3cccn3-c3cccc([N+](=O)[O-])c3)C2=O)cc1. The quantitative estimate of drug-likeness (QED) is 0.237. The van der Waals surface area contributed by atoms with Crippen LogP contribution in [0.4, 0.5) is 10.5 Å². The number of benzene rings is 2. The summed E-state index contributed by atoms with van der Waals surface area (Å²) >= 11 is 0.756. The maximum absolute atomic E-state index is 12.8. The van der Waals surface area contributed by atoms with Gasteiger partial charge in [-0.15, -0.1) is 0 Å². The van der Waals surface area contributed by atoms with Gasteiger partial charge in [0.1, 0.15) is 0 Å². The van der Waals surface area contributed by atoms with Crippen molar-refractivity contribution < 1.29 is 19.3 Å². The van der Waals surface area contributed by atoms with Crippen molar-refractivity contribution in [3.8, 4) is 5.69 Å². The van der Waals surface area contributed by atoms with Crippen LogP contribution in [0.1, 0.15) is 21.6 Å². The number of thioether (sulfide) groups is 1. The standard InChI is InChI=1S/C23H17N3O5S/c1-15-7-9-16(10-8-15)20(27)14-25-22(28)21(32-23(25)29)13-18-6-3-11-24(18)17-4-2-5-19(12-17)26(30)31/h2-13H,14H2,1H3. The summed E-state index contributed by atoms with van der Waals surface area (Å²) in [6.45, 7) is 1.57. The summed E-state index contributed by atoms with van der Waals surface area (Å²) in [6.07, 6.45) is 3.25. The van der Waals surface area contributed by atoms with Crippen molar-refractivity contribution in [2.45, 2.75) is 6.92 Å². The van der Waals surface area contributed by atoms with Gasteiger partial charge < -0.3 is 4.57 Å². The van der Waals surface area contributed by atoms with Crippen LogP contribution in [0.25, 0.3) is 11.8 Å². The fraction of sp³-hybridized carbons (Fsp3) is 0.0870. The summed E-state index contributed by atoms with van der Waals surface area (Å²) in [5.74, 6) is -0.874. The second-order valence-electron chi connectivity index (χ2n) is 7.14. The monoisotopic (exact) mass is 447 g/mol. The van der Waals surface area contributed by atoms with Gasteiger partial charge >= 0.3 is 0 Å². The Morgan fingerprint density at radius 1 is 1.09 bits per heavy atom. The number of aromatic nitrogens is 1. The Hall–Kier alpha value is -3.98. The lowest BCUT2D eigenvalue weighted by Gasteiger charge is -2.11. The van der Waals surface area contributed by atoms with Crippen LogP contribution in [0, 0.1) is 17.0 Å². The van der Waals surface area contributed by atoms with Crippen molar-refractivity contribution in [2.24, 2.45) is 0 Å². The van der Waals surface area contributed by atoms with Crippen LogP contribution in [0.15, 0.2) is 71.8 Å². The van der Waals surface area contributed by atoms with Gasteiger partial charge in [-0.1, -0.05) is 35.9 Å². The molecule has 2 aromatic carbocycles. The molecule has 0 atom stereocenters. The van der Waals surface area contributed by atoms with Crippen LogP contribution in [0.3, 0.4) is 0 Å². The fourth-order valence-corrected chi connectivity index (χ4v) is 4.07. The van der Waals surface area contributed by atoms with E-state index >= 15 is 0 Å². The first kappa shape index (κ1) is 21.3. The number of non-ortho nitro benzene ring substituents is 1. The molecular weight excluding hydrogens is 430 g/mol. The van der Waals surface area contributed by atoms with Crippen molar-refractivity contribution in [1.29, 1.82) is 0 Å².